The van der Waals surface area contributed by atoms with Crippen molar-refractivity contribution >= 4 is 27.4 Å². The zero-order valence-electron chi connectivity index (χ0n) is 8.55. The largest absolute Gasteiger partial charge is 1.00 e. The molecule has 1 aromatic carbocycles. The number of non-ortho nitro benzene ring substituents is 1. The number of nitro benzene ring substituents is 1. The molecule has 0 aliphatic heterocycles. The summed E-state index contributed by atoms with van der Waals surface area (Å²) in [6, 6.07) is 2.76. The first-order valence-corrected chi connectivity index (χ1v) is 5.05. The number of nitro groups is 1. The SMILES string of the molecule is O=[N+]([O-])c1ccc(Cl)c(S(=O)(=O)O)c1.[H-].[Na+]. The summed E-state index contributed by atoms with van der Waals surface area (Å²) in [5.74, 6) is 0. The number of hydrogen-bond donors (Lipinski definition) is 1. The second-order valence-electron chi connectivity index (χ2n) is 2.35. The summed E-state index contributed by atoms with van der Waals surface area (Å²) in [7, 11) is -4.53. The monoisotopic (exact) mass is 261 g/mol. The van der Waals surface area contributed by atoms with Gasteiger partial charge >= 0.3 is 29.6 Å². The topological polar surface area (TPSA) is 97.5 Å². The summed E-state index contributed by atoms with van der Waals surface area (Å²) in [4.78, 5) is 8.82. The van der Waals surface area contributed by atoms with Crippen molar-refractivity contribution in [2.75, 3.05) is 0 Å². The van der Waals surface area contributed by atoms with Crippen LogP contribution in [0.2, 0.25) is 5.02 Å². The van der Waals surface area contributed by atoms with Gasteiger partial charge in [-0.3, -0.25) is 14.7 Å². The van der Waals surface area contributed by atoms with E-state index < -0.39 is 25.6 Å². The van der Waals surface area contributed by atoms with Crippen LogP contribution in [0.25, 0.3) is 0 Å². The third-order valence-corrected chi connectivity index (χ3v) is 2.74. The van der Waals surface area contributed by atoms with Gasteiger partial charge < -0.3 is 1.43 Å². The first-order chi connectivity index (χ1) is 6.32. The molecule has 0 aromatic heterocycles. The minimum absolute atomic E-state index is 0. The van der Waals surface area contributed by atoms with Crippen LogP contribution in [-0.2, 0) is 10.1 Å². The van der Waals surface area contributed by atoms with E-state index in [0.717, 1.165) is 12.1 Å². The van der Waals surface area contributed by atoms with Gasteiger partial charge in [0, 0.05) is 12.1 Å². The Morgan fingerprint density at radius 2 is 2.00 bits per heavy atom. The molecule has 1 rings (SSSR count). The third-order valence-electron chi connectivity index (χ3n) is 1.40. The van der Waals surface area contributed by atoms with Gasteiger partial charge in [0.1, 0.15) is 4.90 Å². The molecule has 0 saturated carbocycles. The first kappa shape index (κ1) is 14.8. The number of benzene rings is 1. The predicted molar refractivity (Wildman–Crippen MR) is 49.0 cm³/mol. The summed E-state index contributed by atoms with van der Waals surface area (Å²) in [5.41, 5.74) is -0.456. The molecule has 0 amide bonds. The van der Waals surface area contributed by atoms with E-state index in [1.54, 1.807) is 0 Å². The fraction of sp³-hybridized carbons (Fsp3) is 0. The molecule has 0 spiro atoms. The third kappa shape index (κ3) is 3.71. The molecule has 6 nitrogen and oxygen atoms in total. The van der Waals surface area contributed by atoms with Crippen molar-refractivity contribution in [1.82, 2.24) is 0 Å². The summed E-state index contributed by atoms with van der Waals surface area (Å²) in [5, 5.41) is 10.0. The smallest absolute Gasteiger partial charge is 1.00 e. The predicted octanol–water partition coefficient (Wildman–Crippen LogP) is -1.39. The molecule has 78 valence electrons. The first-order valence-electron chi connectivity index (χ1n) is 3.24. The second kappa shape index (κ2) is 5.24. The molecule has 9 heteroatoms. The Morgan fingerprint density at radius 1 is 1.47 bits per heavy atom. The van der Waals surface area contributed by atoms with Gasteiger partial charge in [-0.15, -0.1) is 0 Å². The maximum atomic E-state index is 10.7. The van der Waals surface area contributed by atoms with Gasteiger partial charge in [-0.1, -0.05) is 11.6 Å². The van der Waals surface area contributed by atoms with Crippen LogP contribution >= 0.6 is 11.6 Å². The molecule has 1 N–H and O–H groups in total. The van der Waals surface area contributed by atoms with Crippen LogP contribution in [-0.4, -0.2) is 17.9 Å². The van der Waals surface area contributed by atoms with Crippen LogP contribution in [0, 0.1) is 10.1 Å². The summed E-state index contributed by atoms with van der Waals surface area (Å²) < 4.78 is 30.0. The Bertz CT molecular complexity index is 494. The standard InChI is InChI=1S/C6H4ClNO5S.Na.H/c7-5-2-1-4(8(9)10)3-6(5)14(11,12)13;;/h1-3H,(H,11,12,13);;/q;+1;-1. The number of hydrogen-bond acceptors (Lipinski definition) is 4. The van der Waals surface area contributed by atoms with Crippen molar-refractivity contribution in [3.05, 3.63) is 33.3 Å². The van der Waals surface area contributed by atoms with E-state index in [1.807, 2.05) is 0 Å². The van der Waals surface area contributed by atoms with Gasteiger partial charge in [-0.25, -0.2) is 0 Å². The Kier molecular flexibility index (Phi) is 5.18. The van der Waals surface area contributed by atoms with Crippen molar-refractivity contribution in [2.24, 2.45) is 0 Å². The molecule has 0 saturated heterocycles. The minimum atomic E-state index is -4.53. The summed E-state index contributed by atoms with van der Waals surface area (Å²) >= 11 is 5.42. The fourth-order valence-corrected chi connectivity index (χ4v) is 1.80. The van der Waals surface area contributed by atoms with Gasteiger partial charge in [-0.05, 0) is 6.07 Å². The molecule has 0 unspecified atom stereocenters. The molecule has 0 heterocycles. The molecule has 0 aliphatic rings. The maximum absolute atomic E-state index is 10.7. The van der Waals surface area contributed by atoms with E-state index in [2.05, 4.69) is 0 Å². The van der Waals surface area contributed by atoms with E-state index in [4.69, 9.17) is 16.2 Å². The van der Waals surface area contributed by atoms with Crippen molar-refractivity contribution in [1.29, 1.82) is 0 Å². The average molecular weight is 262 g/mol. The normalized spacial score (nSPS) is 10.5. The van der Waals surface area contributed by atoms with Crippen molar-refractivity contribution in [2.45, 2.75) is 4.90 Å². The zero-order chi connectivity index (χ0) is 10.9. The zero-order valence-corrected chi connectivity index (χ0v) is 11.1. The van der Waals surface area contributed by atoms with E-state index in [0.29, 0.717) is 6.07 Å². The van der Waals surface area contributed by atoms with E-state index in [-0.39, 0.29) is 36.0 Å². The maximum Gasteiger partial charge on any atom is 1.00 e. The van der Waals surface area contributed by atoms with Crippen LogP contribution in [0.3, 0.4) is 0 Å². The Labute approximate surface area is 114 Å². The van der Waals surface area contributed by atoms with Gasteiger partial charge in [0.15, 0.2) is 0 Å². The molecular formula is C6H5ClNNaO5S. The summed E-state index contributed by atoms with van der Waals surface area (Å²) in [6.07, 6.45) is 0. The van der Waals surface area contributed by atoms with Crippen molar-refractivity contribution < 1.29 is 48.9 Å². The fourth-order valence-electron chi connectivity index (χ4n) is 0.803. The van der Waals surface area contributed by atoms with Crippen LogP contribution in [0.5, 0.6) is 0 Å². The molecular weight excluding hydrogens is 257 g/mol. The number of nitrogens with zero attached hydrogens (tertiary/aromatic N) is 1. The second-order valence-corrected chi connectivity index (χ2v) is 4.14. The van der Waals surface area contributed by atoms with Crippen molar-refractivity contribution in [3.63, 3.8) is 0 Å². The molecule has 15 heavy (non-hydrogen) atoms. The number of halogens is 1. The van der Waals surface area contributed by atoms with Crippen LogP contribution in [0.4, 0.5) is 5.69 Å². The van der Waals surface area contributed by atoms with E-state index in [9.17, 15) is 18.5 Å². The molecule has 1 aromatic rings. The van der Waals surface area contributed by atoms with Crippen LogP contribution in [0.1, 0.15) is 1.43 Å². The minimum Gasteiger partial charge on any atom is -1.00 e. The Balaban J connectivity index is 0. The molecule has 0 fully saturated rings. The molecule has 0 atom stereocenters. The molecule has 0 radical (unpaired) electrons. The van der Waals surface area contributed by atoms with Gasteiger partial charge in [0.25, 0.3) is 15.8 Å². The molecule has 0 aliphatic carbocycles. The van der Waals surface area contributed by atoms with Gasteiger partial charge in [0.05, 0.1) is 9.95 Å². The van der Waals surface area contributed by atoms with Crippen LogP contribution < -0.4 is 29.6 Å². The number of rotatable bonds is 2. The summed E-state index contributed by atoms with van der Waals surface area (Å²) in [6.45, 7) is 0. The van der Waals surface area contributed by atoms with Crippen molar-refractivity contribution in [3.8, 4) is 0 Å². The van der Waals surface area contributed by atoms with E-state index >= 15 is 0 Å². The van der Waals surface area contributed by atoms with E-state index in [1.165, 1.54) is 0 Å². The van der Waals surface area contributed by atoms with Gasteiger partial charge in [0.2, 0.25) is 0 Å². The van der Waals surface area contributed by atoms with Crippen LogP contribution in [0.15, 0.2) is 23.1 Å². The Morgan fingerprint density at radius 3 is 2.40 bits per heavy atom. The quantitative estimate of drug-likeness (QED) is 0.306. The molecule has 0 bridgehead atoms. The van der Waals surface area contributed by atoms with Gasteiger partial charge in [-0.2, -0.15) is 8.42 Å². The average Bonchev–Trinajstić information content (AvgIpc) is 2.02. The Hall–Kier alpha value is -0.180.